The summed E-state index contributed by atoms with van der Waals surface area (Å²) in [6, 6.07) is 12.0. The van der Waals surface area contributed by atoms with E-state index in [0.29, 0.717) is 5.88 Å². The second kappa shape index (κ2) is 8.30. The summed E-state index contributed by atoms with van der Waals surface area (Å²) in [7, 11) is 0. The third-order valence-corrected chi connectivity index (χ3v) is 4.44. The number of ether oxygens (including phenoxy) is 1. The van der Waals surface area contributed by atoms with E-state index in [-0.39, 0.29) is 6.61 Å². The van der Waals surface area contributed by atoms with Crippen molar-refractivity contribution in [3.8, 4) is 0 Å². The van der Waals surface area contributed by atoms with Gasteiger partial charge in [-0.05, 0) is 46.5 Å². The predicted molar refractivity (Wildman–Crippen MR) is 92.3 cm³/mol. The first-order valence-electron chi connectivity index (χ1n) is 6.43. The third kappa shape index (κ3) is 4.80. The van der Waals surface area contributed by atoms with Crippen LogP contribution in [0, 0.1) is 0 Å². The van der Waals surface area contributed by atoms with E-state index in [4.69, 9.17) is 21.4 Å². The topological polar surface area (TPSA) is 29.5 Å². The Bertz CT molecular complexity index is 617. The number of aliphatic hydroxyl groups is 1. The molecule has 0 unspecified atom stereocenters. The van der Waals surface area contributed by atoms with Crippen LogP contribution in [0.4, 0.5) is 0 Å². The van der Waals surface area contributed by atoms with E-state index in [1.54, 1.807) is 0 Å². The van der Waals surface area contributed by atoms with Gasteiger partial charge in [-0.15, -0.1) is 11.6 Å². The third-order valence-electron chi connectivity index (χ3n) is 3.17. The van der Waals surface area contributed by atoms with Gasteiger partial charge in [0.15, 0.2) is 0 Å². The first-order valence-corrected chi connectivity index (χ1v) is 8.55. The minimum absolute atomic E-state index is 0.0431. The Balaban J connectivity index is 0.000000154. The molecule has 0 spiro atoms. The average molecular weight is 435 g/mol. The van der Waals surface area contributed by atoms with E-state index in [1.165, 1.54) is 11.1 Å². The van der Waals surface area contributed by atoms with Gasteiger partial charge in [0.2, 0.25) is 0 Å². The van der Waals surface area contributed by atoms with Gasteiger partial charge in [0.1, 0.15) is 0 Å². The van der Waals surface area contributed by atoms with Gasteiger partial charge in [-0.2, -0.15) is 0 Å². The molecular weight excluding hydrogens is 419 g/mol. The maximum Gasteiger partial charge on any atom is 0.0725 e. The fourth-order valence-electron chi connectivity index (χ4n) is 2.01. The molecule has 2 nitrogen and oxygen atoms in total. The Kier molecular flexibility index (Phi) is 6.71. The molecular formula is C16H15Br2ClO2. The van der Waals surface area contributed by atoms with Crippen LogP contribution in [0.25, 0.3) is 0 Å². The molecule has 21 heavy (non-hydrogen) atoms. The molecule has 1 aliphatic heterocycles. The highest BCUT2D eigenvalue weighted by Crippen LogP contribution is 2.23. The minimum Gasteiger partial charge on any atom is -0.392 e. The second-order valence-corrected chi connectivity index (χ2v) is 6.71. The summed E-state index contributed by atoms with van der Waals surface area (Å²) < 4.78 is 7.35. The SMILES string of the molecule is Brc1ccc2c(c1)COC2.OCc1cc(Br)ccc1CCl. The van der Waals surface area contributed by atoms with Gasteiger partial charge in [-0.1, -0.05) is 44.0 Å². The molecule has 1 heterocycles. The van der Waals surface area contributed by atoms with E-state index in [1.807, 2.05) is 24.3 Å². The molecule has 1 aliphatic rings. The summed E-state index contributed by atoms with van der Waals surface area (Å²) in [6.07, 6.45) is 0. The quantitative estimate of drug-likeness (QED) is 0.662. The molecule has 2 aromatic carbocycles. The van der Waals surface area contributed by atoms with Gasteiger partial charge >= 0.3 is 0 Å². The number of alkyl halides is 1. The van der Waals surface area contributed by atoms with Crippen molar-refractivity contribution in [2.24, 2.45) is 0 Å². The summed E-state index contributed by atoms with van der Waals surface area (Å²) in [5.41, 5.74) is 4.50. The molecule has 0 radical (unpaired) electrons. The van der Waals surface area contributed by atoms with Crippen LogP contribution in [0.2, 0.25) is 0 Å². The van der Waals surface area contributed by atoms with Crippen molar-refractivity contribution in [1.29, 1.82) is 0 Å². The van der Waals surface area contributed by atoms with Crippen LogP contribution in [-0.4, -0.2) is 5.11 Å². The molecule has 0 atom stereocenters. The highest BCUT2D eigenvalue weighted by Gasteiger charge is 2.09. The zero-order valence-corrected chi connectivity index (χ0v) is 15.2. The van der Waals surface area contributed by atoms with Crippen LogP contribution < -0.4 is 0 Å². The van der Waals surface area contributed by atoms with Crippen LogP contribution in [0.15, 0.2) is 45.3 Å². The van der Waals surface area contributed by atoms with E-state index in [0.717, 1.165) is 33.3 Å². The largest absolute Gasteiger partial charge is 0.392 e. The van der Waals surface area contributed by atoms with Crippen molar-refractivity contribution in [2.45, 2.75) is 25.7 Å². The number of halogens is 3. The molecule has 112 valence electrons. The van der Waals surface area contributed by atoms with Crippen LogP contribution in [0.1, 0.15) is 22.3 Å². The zero-order chi connectivity index (χ0) is 15.2. The first-order chi connectivity index (χ1) is 10.1. The molecule has 1 N–H and O–H groups in total. The van der Waals surface area contributed by atoms with E-state index < -0.39 is 0 Å². The van der Waals surface area contributed by atoms with Gasteiger partial charge in [0.25, 0.3) is 0 Å². The summed E-state index contributed by atoms with van der Waals surface area (Å²) in [5.74, 6) is 0.448. The smallest absolute Gasteiger partial charge is 0.0725 e. The zero-order valence-electron chi connectivity index (χ0n) is 11.3. The van der Waals surface area contributed by atoms with Crippen LogP contribution >= 0.6 is 43.5 Å². The molecule has 0 saturated heterocycles. The molecule has 0 amide bonds. The molecule has 0 aromatic heterocycles. The fourth-order valence-corrected chi connectivity index (χ4v) is 3.09. The number of aliphatic hydroxyl groups excluding tert-OH is 1. The first kappa shape index (κ1) is 17.0. The van der Waals surface area contributed by atoms with Crippen molar-refractivity contribution in [2.75, 3.05) is 0 Å². The van der Waals surface area contributed by atoms with Gasteiger partial charge in [-0.3, -0.25) is 0 Å². The van der Waals surface area contributed by atoms with Crippen molar-refractivity contribution in [3.63, 3.8) is 0 Å². The Labute approximate surface area is 146 Å². The van der Waals surface area contributed by atoms with E-state index >= 15 is 0 Å². The van der Waals surface area contributed by atoms with Crippen molar-refractivity contribution in [3.05, 3.63) is 67.6 Å². The molecule has 5 heteroatoms. The maximum atomic E-state index is 8.89. The van der Waals surface area contributed by atoms with E-state index in [9.17, 15) is 0 Å². The lowest BCUT2D eigenvalue weighted by molar-refractivity contribution is 0.134. The van der Waals surface area contributed by atoms with Crippen molar-refractivity contribution >= 4 is 43.5 Å². The number of hydrogen-bond acceptors (Lipinski definition) is 2. The van der Waals surface area contributed by atoms with E-state index in [2.05, 4.69) is 44.0 Å². The summed E-state index contributed by atoms with van der Waals surface area (Å²) in [4.78, 5) is 0. The summed E-state index contributed by atoms with van der Waals surface area (Å²) in [6.45, 7) is 1.60. The second-order valence-electron chi connectivity index (χ2n) is 4.61. The minimum atomic E-state index is 0.0431. The number of benzene rings is 2. The molecule has 0 saturated carbocycles. The van der Waals surface area contributed by atoms with Crippen LogP contribution in [0.5, 0.6) is 0 Å². The monoisotopic (exact) mass is 432 g/mol. The average Bonchev–Trinajstić information content (AvgIpc) is 2.95. The van der Waals surface area contributed by atoms with Crippen molar-refractivity contribution in [1.82, 2.24) is 0 Å². The highest BCUT2D eigenvalue weighted by molar-refractivity contribution is 9.10. The van der Waals surface area contributed by atoms with Crippen LogP contribution in [-0.2, 0) is 30.4 Å². The lowest BCUT2D eigenvalue weighted by Crippen LogP contribution is -1.90. The van der Waals surface area contributed by atoms with Crippen molar-refractivity contribution < 1.29 is 9.84 Å². The predicted octanol–water partition coefficient (Wildman–Crippen LogP) is 5.16. The Morgan fingerprint density at radius 2 is 1.62 bits per heavy atom. The molecule has 0 aliphatic carbocycles. The lowest BCUT2D eigenvalue weighted by Gasteiger charge is -2.03. The Morgan fingerprint density at radius 1 is 0.952 bits per heavy atom. The number of hydrogen-bond donors (Lipinski definition) is 1. The summed E-state index contributed by atoms with van der Waals surface area (Å²) in [5, 5.41) is 8.89. The van der Waals surface area contributed by atoms with Crippen LogP contribution in [0.3, 0.4) is 0 Å². The van der Waals surface area contributed by atoms with Gasteiger partial charge in [0, 0.05) is 14.8 Å². The summed E-state index contributed by atoms with van der Waals surface area (Å²) >= 11 is 12.4. The fraction of sp³-hybridized carbons (Fsp3) is 0.250. The van der Waals surface area contributed by atoms with Gasteiger partial charge in [-0.25, -0.2) is 0 Å². The van der Waals surface area contributed by atoms with Gasteiger partial charge < -0.3 is 9.84 Å². The lowest BCUT2D eigenvalue weighted by atomic mass is 10.1. The number of rotatable bonds is 2. The molecule has 3 rings (SSSR count). The maximum absolute atomic E-state index is 8.89. The Hall–Kier alpha value is -0.390. The molecule has 2 aromatic rings. The number of fused-ring (bicyclic) bond motifs is 1. The highest BCUT2D eigenvalue weighted by atomic mass is 79.9. The normalized spacial score (nSPS) is 12.6. The Morgan fingerprint density at radius 3 is 2.33 bits per heavy atom. The van der Waals surface area contributed by atoms with Gasteiger partial charge in [0.05, 0.1) is 19.8 Å². The molecule has 0 fully saturated rings. The standard InChI is InChI=1S/C8H8BrClO.C8H7BrO/c9-8-2-1-6(4-10)7(3-8)5-11;9-8-2-1-6-4-10-5-7(6)3-8/h1-3,11H,4-5H2;1-3H,4-5H2. The molecule has 0 bridgehead atoms.